The predicted molar refractivity (Wildman–Crippen MR) is 50.0 cm³/mol. The molecular formula is C9H14ClNO. The van der Waals surface area contributed by atoms with Crippen molar-refractivity contribution in [3.8, 4) is 0 Å². The van der Waals surface area contributed by atoms with Gasteiger partial charge in [-0.3, -0.25) is 4.79 Å². The lowest BCUT2D eigenvalue weighted by atomic mass is 9.83. The van der Waals surface area contributed by atoms with Crippen LogP contribution >= 0.6 is 11.6 Å². The Morgan fingerprint density at radius 3 is 2.67 bits per heavy atom. The Kier molecular flexibility index (Phi) is 3.60. The van der Waals surface area contributed by atoms with Gasteiger partial charge < -0.3 is 5.32 Å². The van der Waals surface area contributed by atoms with Crippen molar-refractivity contribution in [3.05, 3.63) is 11.6 Å². The Hall–Kier alpha value is -0.500. The molecule has 1 saturated carbocycles. The van der Waals surface area contributed by atoms with Crippen LogP contribution in [0.25, 0.3) is 0 Å². The quantitative estimate of drug-likeness (QED) is 0.717. The highest BCUT2D eigenvalue weighted by molar-refractivity contribution is 6.29. The van der Waals surface area contributed by atoms with Crippen LogP contribution in [0.1, 0.15) is 25.7 Å². The van der Waals surface area contributed by atoms with Gasteiger partial charge in [0.05, 0.1) is 6.54 Å². The summed E-state index contributed by atoms with van der Waals surface area (Å²) in [5.41, 5.74) is 0. The monoisotopic (exact) mass is 187 g/mol. The van der Waals surface area contributed by atoms with Crippen LogP contribution < -0.4 is 5.32 Å². The molecule has 1 rings (SSSR count). The Labute approximate surface area is 78.0 Å². The molecule has 0 saturated heterocycles. The lowest BCUT2D eigenvalue weighted by molar-refractivity contribution is -0.122. The molecule has 68 valence electrons. The minimum Gasteiger partial charge on any atom is -0.351 e. The number of nitrogens with one attached hydrogen (secondary N) is 1. The summed E-state index contributed by atoms with van der Waals surface area (Å²) < 4.78 is 0. The van der Waals surface area contributed by atoms with E-state index in [1.807, 2.05) is 0 Å². The highest BCUT2D eigenvalue weighted by Crippen LogP contribution is 2.28. The Morgan fingerprint density at radius 1 is 1.58 bits per heavy atom. The molecule has 1 aliphatic rings. The van der Waals surface area contributed by atoms with E-state index in [0.29, 0.717) is 23.9 Å². The third kappa shape index (κ3) is 3.26. The van der Waals surface area contributed by atoms with Crippen LogP contribution in [0.15, 0.2) is 11.6 Å². The topological polar surface area (TPSA) is 29.1 Å². The Bertz CT molecular complexity index is 187. The zero-order chi connectivity index (χ0) is 8.97. The lowest BCUT2D eigenvalue weighted by Crippen LogP contribution is -2.28. The molecule has 1 fully saturated rings. The van der Waals surface area contributed by atoms with Gasteiger partial charge >= 0.3 is 0 Å². The van der Waals surface area contributed by atoms with E-state index in [0.717, 1.165) is 0 Å². The van der Waals surface area contributed by atoms with Crippen molar-refractivity contribution >= 4 is 17.5 Å². The summed E-state index contributed by atoms with van der Waals surface area (Å²) in [6, 6.07) is 0. The van der Waals surface area contributed by atoms with Gasteiger partial charge in [0.15, 0.2) is 0 Å². The molecule has 0 radical (unpaired) electrons. The molecule has 3 heteroatoms. The van der Waals surface area contributed by atoms with Gasteiger partial charge in [0, 0.05) is 11.5 Å². The number of rotatable bonds is 4. The molecule has 12 heavy (non-hydrogen) atoms. The fourth-order valence-corrected chi connectivity index (χ4v) is 1.29. The average molecular weight is 188 g/mol. The SMILES string of the molecule is C=C(Cl)CNC(=O)CC1CCC1. The smallest absolute Gasteiger partial charge is 0.220 e. The lowest BCUT2D eigenvalue weighted by Gasteiger charge is -2.24. The van der Waals surface area contributed by atoms with Crippen LogP contribution in [-0.4, -0.2) is 12.5 Å². The third-order valence-corrected chi connectivity index (χ3v) is 2.31. The van der Waals surface area contributed by atoms with Crippen molar-refractivity contribution in [3.63, 3.8) is 0 Å². The molecule has 0 aromatic heterocycles. The number of carbonyl (C=O) groups is 1. The van der Waals surface area contributed by atoms with Crippen LogP contribution in [0.4, 0.5) is 0 Å². The molecule has 2 nitrogen and oxygen atoms in total. The first kappa shape index (κ1) is 9.59. The van der Waals surface area contributed by atoms with Gasteiger partial charge in [0.1, 0.15) is 0 Å². The summed E-state index contributed by atoms with van der Waals surface area (Å²) >= 11 is 5.50. The first-order valence-corrected chi connectivity index (χ1v) is 4.66. The molecule has 0 atom stereocenters. The van der Waals surface area contributed by atoms with Crippen molar-refractivity contribution in [2.75, 3.05) is 6.54 Å². The number of halogens is 1. The van der Waals surface area contributed by atoms with E-state index in [9.17, 15) is 4.79 Å². The maximum absolute atomic E-state index is 11.1. The fourth-order valence-electron chi connectivity index (χ4n) is 1.23. The molecule has 0 spiro atoms. The molecule has 1 N–H and O–H groups in total. The summed E-state index contributed by atoms with van der Waals surface area (Å²) in [7, 11) is 0. The largest absolute Gasteiger partial charge is 0.351 e. The second-order valence-electron chi connectivity index (χ2n) is 3.30. The van der Waals surface area contributed by atoms with Crippen molar-refractivity contribution in [1.82, 2.24) is 5.32 Å². The molecule has 0 aromatic rings. The number of carbonyl (C=O) groups excluding carboxylic acids is 1. The van der Waals surface area contributed by atoms with Gasteiger partial charge in [-0.25, -0.2) is 0 Å². The van der Waals surface area contributed by atoms with Crippen LogP contribution in [0, 0.1) is 5.92 Å². The maximum Gasteiger partial charge on any atom is 0.220 e. The van der Waals surface area contributed by atoms with Crippen LogP contribution in [0.5, 0.6) is 0 Å². The second kappa shape index (κ2) is 4.51. The number of hydrogen-bond acceptors (Lipinski definition) is 1. The summed E-state index contributed by atoms with van der Waals surface area (Å²) in [6.45, 7) is 3.89. The van der Waals surface area contributed by atoms with Crippen molar-refractivity contribution in [2.24, 2.45) is 5.92 Å². The van der Waals surface area contributed by atoms with Gasteiger partial charge in [0.2, 0.25) is 5.91 Å². The first-order chi connectivity index (χ1) is 5.68. The molecule has 0 aromatic carbocycles. The molecule has 0 heterocycles. The number of amides is 1. The summed E-state index contributed by atoms with van der Waals surface area (Å²) in [5, 5.41) is 3.19. The summed E-state index contributed by atoms with van der Waals surface area (Å²) in [5.74, 6) is 0.718. The second-order valence-corrected chi connectivity index (χ2v) is 3.83. The van der Waals surface area contributed by atoms with Crippen molar-refractivity contribution < 1.29 is 4.79 Å². The van der Waals surface area contributed by atoms with Crippen molar-refractivity contribution in [2.45, 2.75) is 25.7 Å². The number of hydrogen-bond donors (Lipinski definition) is 1. The third-order valence-electron chi connectivity index (χ3n) is 2.18. The van der Waals surface area contributed by atoms with E-state index in [1.165, 1.54) is 19.3 Å². The Balaban J connectivity index is 2.06. The van der Waals surface area contributed by atoms with E-state index >= 15 is 0 Å². The minimum absolute atomic E-state index is 0.0986. The van der Waals surface area contributed by atoms with Gasteiger partial charge in [-0.1, -0.05) is 24.6 Å². The molecule has 0 unspecified atom stereocenters. The summed E-state index contributed by atoms with van der Waals surface area (Å²) in [6.07, 6.45) is 4.34. The normalized spacial score (nSPS) is 16.8. The fraction of sp³-hybridized carbons (Fsp3) is 0.667. The zero-order valence-electron chi connectivity index (χ0n) is 7.11. The Morgan fingerprint density at radius 2 is 2.25 bits per heavy atom. The van der Waals surface area contributed by atoms with Gasteiger partial charge in [-0.05, 0) is 18.8 Å². The van der Waals surface area contributed by atoms with Crippen LogP contribution in [-0.2, 0) is 4.79 Å². The van der Waals surface area contributed by atoms with Crippen LogP contribution in [0.3, 0.4) is 0 Å². The van der Waals surface area contributed by atoms with E-state index in [-0.39, 0.29) is 5.91 Å². The van der Waals surface area contributed by atoms with E-state index in [2.05, 4.69) is 11.9 Å². The standard InChI is InChI=1S/C9H14ClNO/c1-7(10)6-11-9(12)5-8-3-2-4-8/h8H,1-6H2,(H,11,12). The average Bonchev–Trinajstić information content (AvgIpc) is 1.93. The van der Waals surface area contributed by atoms with Gasteiger partial charge in [0.25, 0.3) is 0 Å². The minimum atomic E-state index is 0.0986. The van der Waals surface area contributed by atoms with E-state index < -0.39 is 0 Å². The molecule has 0 aliphatic heterocycles. The zero-order valence-corrected chi connectivity index (χ0v) is 7.86. The predicted octanol–water partition coefficient (Wildman–Crippen LogP) is 2.05. The summed E-state index contributed by atoms with van der Waals surface area (Å²) in [4.78, 5) is 11.1. The van der Waals surface area contributed by atoms with Gasteiger partial charge in [-0.15, -0.1) is 0 Å². The highest BCUT2D eigenvalue weighted by atomic mass is 35.5. The van der Waals surface area contributed by atoms with Gasteiger partial charge in [-0.2, -0.15) is 0 Å². The molecular weight excluding hydrogens is 174 g/mol. The van der Waals surface area contributed by atoms with Crippen molar-refractivity contribution in [1.29, 1.82) is 0 Å². The first-order valence-electron chi connectivity index (χ1n) is 4.28. The van der Waals surface area contributed by atoms with E-state index in [4.69, 9.17) is 11.6 Å². The molecule has 1 aliphatic carbocycles. The molecule has 0 bridgehead atoms. The highest BCUT2D eigenvalue weighted by Gasteiger charge is 2.20. The molecule has 1 amide bonds. The van der Waals surface area contributed by atoms with Crippen LogP contribution in [0.2, 0.25) is 0 Å². The van der Waals surface area contributed by atoms with E-state index in [1.54, 1.807) is 0 Å². The maximum atomic E-state index is 11.1.